The number of benzene rings is 1. The molecule has 0 bridgehead atoms. The topological polar surface area (TPSA) is 107 Å². The Balaban J connectivity index is 1.56. The molecule has 0 atom stereocenters. The third kappa shape index (κ3) is 4.31. The molecule has 0 saturated carbocycles. The van der Waals surface area contributed by atoms with Crippen LogP contribution in [0.2, 0.25) is 0 Å². The second kappa shape index (κ2) is 7.87. The van der Waals surface area contributed by atoms with Crippen molar-refractivity contribution in [2.75, 3.05) is 5.32 Å². The van der Waals surface area contributed by atoms with Crippen molar-refractivity contribution in [3.63, 3.8) is 0 Å². The van der Waals surface area contributed by atoms with Gasteiger partial charge in [0, 0.05) is 11.8 Å². The Bertz CT molecular complexity index is 917. The monoisotopic (exact) mass is 372 g/mol. The van der Waals surface area contributed by atoms with E-state index < -0.39 is 5.97 Å². The summed E-state index contributed by atoms with van der Waals surface area (Å²) < 4.78 is 9.89. The smallest absolute Gasteiger partial charge is 0.377 e. The van der Waals surface area contributed by atoms with Gasteiger partial charge in [0.15, 0.2) is 5.01 Å². The Morgan fingerprint density at radius 3 is 2.65 bits per heavy atom. The first-order valence-electron chi connectivity index (χ1n) is 7.88. The number of esters is 1. The Morgan fingerprint density at radius 2 is 2.00 bits per heavy atom. The second-order valence-electron chi connectivity index (χ2n) is 5.41. The first-order chi connectivity index (χ1) is 12.5. The lowest BCUT2D eigenvalue weighted by atomic mass is 10.1. The predicted molar refractivity (Wildman–Crippen MR) is 94.0 cm³/mol. The highest BCUT2D eigenvalue weighted by molar-refractivity contribution is 7.13. The molecule has 0 radical (unpaired) electrons. The van der Waals surface area contributed by atoms with E-state index in [1.807, 2.05) is 24.3 Å². The van der Waals surface area contributed by atoms with Gasteiger partial charge in [-0.25, -0.2) is 4.79 Å². The zero-order valence-electron chi connectivity index (χ0n) is 14.2. The first-order valence-corrected chi connectivity index (χ1v) is 8.70. The number of amides is 1. The highest BCUT2D eigenvalue weighted by Gasteiger charge is 2.17. The standard InChI is InChI=1S/C17H16N4O4S/c1-3-11-4-6-12(7-5-11)18-15(22)16-20-19-14(26-16)9-24-17(23)13-8-10(2)21-25-13/h4-8H,3,9H2,1-2H3,(H,18,22). The lowest BCUT2D eigenvalue weighted by Crippen LogP contribution is -2.11. The summed E-state index contributed by atoms with van der Waals surface area (Å²) in [6.07, 6.45) is 0.931. The van der Waals surface area contributed by atoms with Gasteiger partial charge < -0.3 is 14.6 Å². The summed E-state index contributed by atoms with van der Waals surface area (Å²) in [6, 6.07) is 9.04. The highest BCUT2D eigenvalue weighted by Crippen LogP contribution is 2.16. The van der Waals surface area contributed by atoms with Gasteiger partial charge in [-0.15, -0.1) is 10.2 Å². The molecule has 0 unspecified atom stereocenters. The molecular formula is C17H16N4O4S. The van der Waals surface area contributed by atoms with Crippen molar-refractivity contribution in [1.29, 1.82) is 0 Å². The third-order valence-electron chi connectivity index (χ3n) is 3.44. The van der Waals surface area contributed by atoms with Crippen LogP contribution in [0.5, 0.6) is 0 Å². The van der Waals surface area contributed by atoms with Crippen molar-refractivity contribution in [3.05, 3.63) is 57.4 Å². The molecule has 3 aromatic rings. The Labute approximate surface area is 153 Å². The van der Waals surface area contributed by atoms with E-state index in [1.54, 1.807) is 6.92 Å². The molecule has 134 valence electrons. The van der Waals surface area contributed by atoms with E-state index >= 15 is 0 Å². The van der Waals surface area contributed by atoms with Crippen molar-refractivity contribution in [1.82, 2.24) is 15.4 Å². The quantitative estimate of drug-likeness (QED) is 0.663. The summed E-state index contributed by atoms with van der Waals surface area (Å²) >= 11 is 1.05. The normalized spacial score (nSPS) is 10.5. The van der Waals surface area contributed by atoms with Crippen LogP contribution < -0.4 is 5.32 Å². The predicted octanol–water partition coefficient (Wildman–Crippen LogP) is 3.01. The summed E-state index contributed by atoms with van der Waals surface area (Å²) in [4.78, 5) is 24.0. The molecule has 3 rings (SSSR count). The van der Waals surface area contributed by atoms with Crippen molar-refractivity contribution >= 4 is 28.9 Å². The average molecular weight is 372 g/mol. The highest BCUT2D eigenvalue weighted by atomic mass is 32.1. The van der Waals surface area contributed by atoms with Gasteiger partial charge in [-0.2, -0.15) is 0 Å². The van der Waals surface area contributed by atoms with Gasteiger partial charge in [-0.1, -0.05) is 35.5 Å². The fourth-order valence-corrected chi connectivity index (χ4v) is 2.72. The molecule has 0 aliphatic heterocycles. The number of aromatic nitrogens is 3. The fourth-order valence-electron chi connectivity index (χ4n) is 2.07. The SMILES string of the molecule is CCc1ccc(NC(=O)c2nnc(COC(=O)c3cc(C)no3)s2)cc1. The first kappa shape index (κ1) is 17.7. The number of rotatable bonds is 6. The Morgan fingerprint density at radius 1 is 1.23 bits per heavy atom. The van der Waals surface area contributed by atoms with Crippen LogP contribution in [0.25, 0.3) is 0 Å². The van der Waals surface area contributed by atoms with Crippen LogP contribution in [0.3, 0.4) is 0 Å². The summed E-state index contributed by atoms with van der Waals surface area (Å²) in [5.74, 6) is -1.00. The minimum absolute atomic E-state index is 0.0144. The van der Waals surface area contributed by atoms with Crippen molar-refractivity contribution in [2.24, 2.45) is 0 Å². The minimum atomic E-state index is -0.650. The molecule has 1 aromatic carbocycles. The van der Waals surface area contributed by atoms with Gasteiger partial charge in [0.1, 0.15) is 6.61 Å². The van der Waals surface area contributed by atoms with E-state index in [2.05, 4.69) is 27.6 Å². The van der Waals surface area contributed by atoms with E-state index in [0.29, 0.717) is 16.4 Å². The number of anilines is 1. The Kier molecular flexibility index (Phi) is 5.37. The molecule has 0 aliphatic rings. The maximum atomic E-state index is 12.2. The molecular weight excluding hydrogens is 356 g/mol. The van der Waals surface area contributed by atoms with E-state index in [1.165, 1.54) is 11.6 Å². The van der Waals surface area contributed by atoms with Crippen LogP contribution in [0, 0.1) is 6.92 Å². The number of ether oxygens (including phenoxy) is 1. The van der Waals surface area contributed by atoms with Gasteiger partial charge in [0.2, 0.25) is 10.8 Å². The van der Waals surface area contributed by atoms with Gasteiger partial charge in [-0.05, 0) is 31.0 Å². The maximum absolute atomic E-state index is 12.2. The van der Waals surface area contributed by atoms with E-state index in [9.17, 15) is 9.59 Å². The zero-order valence-corrected chi connectivity index (χ0v) is 15.0. The Hall–Kier alpha value is -3.07. The van der Waals surface area contributed by atoms with Crippen LogP contribution in [-0.4, -0.2) is 27.2 Å². The van der Waals surface area contributed by atoms with Gasteiger partial charge in [0.25, 0.3) is 5.91 Å². The van der Waals surface area contributed by atoms with E-state index in [4.69, 9.17) is 9.26 Å². The molecule has 9 heteroatoms. The third-order valence-corrected chi connectivity index (χ3v) is 4.33. The molecule has 1 N–H and O–H groups in total. The van der Waals surface area contributed by atoms with Crippen LogP contribution >= 0.6 is 11.3 Å². The zero-order chi connectivity index (χ0) is 18.5. The van der Waals surface area contributed by atoms with Crippen molar-refractivity contribution in [3.8, 4) is 0 Å². The largest absolute Gasteiger partial charge is 0.452 e. The summed E-state index contributed by atoms with van der Waals surface area (Å²) in [5.41, 5.74) is 2.44. The minimum Gasteiger partial charge on any atom is -0.452 e. The number of carbonyl (C=O) groups is 2. The molecule has 8 nitrogen and oxygen atoms in total. The number of nitrogens with zero attached hydrogens (tertiary/aromatic N) is 3. The van der Waals surface area contributed by atoms with Crippen LogP contribution in [-0.2, 0) is 17.8 Å². The van der Waals surface area contributed by atoms with Crippen molar-refractivity contribution in [2.45, 2.75) is 26.9 Å². The molecule has 0 aliphatic carbocycles. The van der Waals surface area contributed by atoms with Gasteiger partial charge in [0.05, 0.1) is 5.69 Å². The summed E-state index contributed by atoms with van der Waals surface area (Å²) in [6.45, 7) is 3.66. The molecule has 2 heterocycles. The van der Waals surface area contributed by atoms with E-state index in [0.717, 1.165) is 17.8 Å². The number of carbonyl (C=O) groups excluding carboxylic acids is 2. The van der Waals surface area contributed by atoms with Gasteiger partial charge >= 0.3 is 5.97 Å². The lowest BCUT2D eigenvalue weighted by molar-refractivity contribution is 0.0424. The molecule has 0 spiro atoms. The van der Waals surface area contributed by atoms with Crippen molar-refractivity contribution < 1.29 is 18.8 Å². The molecule has 0 saturated heterocycles. The van der Waals surface area contributed by atoms with E-state index in [-0.39, 0.29) is 23.3 Å². The number of hydrogen-bond acceptors (Lipinski definition) is 8. The lowest BCUT2D eigenvalue weighted by Gasteiger charge is -2.03. The number of nitrogens with one attached hydrogen (secondary N) is 1. The summed E-state index contributed by atoms with van der Waals surface area (Å²) in [7, 11) is 0. The second-order valence-corrected chi connectivity index (χ2v) is 6.48. The van der Waals surface area contributed by atoms with Crippen LogP contribution in [0.15, 0.2) is 34.9 Å². The molecule has 1 amide bonds. The maximum Gasteiger partial charge on any atom is 0.377 e. The van der Waals surface area contributed by atoms with Crippen LogP contribution in [0.1, 0.15) is 43.5 Å². The average Bonchev–Trinajstić information content (AvgIpc) is 3.29. The molecule has 26 heavy (non-hydrogen) atoms. The number of aryl methyl sites for hydroxylation is 2. The molecule has 0 fully saturated rings. The summed E-state index contributed by atoms with van der Waals surface area (Å²) in [5, 5.41) is 14.7. The van der Waals surface area contributed by atoms with Crippen LogP contribution in [0.4, 0.5) is 5.69 Å². The fraction of sp³-hybridized carbons (Fsp3) is 0.235. The number of hydrogen-bond donors (Lipinski definition) is 1. The molecule has 2 aromatic heterocycles. The van der Waals surface area contributed by atoms with Gasteiger partial charge in [-0.3, -0.25) is 4.79 Å².